The molecule has 0 saturated heterocycles. The summed E-state index contributed by atoms with van der Waals surface area (Å²) in [6, 6.07) is 7.36. The van der Waals surface area contributed by atoms with Crippen molar-refractivity contribution in [2.45, 2.75) is 52.6 Å². The molecule has 0 aromatic heterocycles. The molecule has 1 atom stereocenters. The van der Waals surface area contributed by atoms with Crippen LogP contribution in [0, 0.1) is 19.8 Å². The molecule has 1 aromatic rings. The van der Waals surface area contributed by atoms with Crippen molar-refractivity contribution in [3.8, 4) is 0 Å². The van der Waals surface area contributed by atoms with E-state index in [1.54, 1.807) is 0 Å². The van der Waals surface area contributed by atoms with E-state index < -0.39 is 0 Å². The molecule has 1 unspecified atom stereocenters. The molecule has 0 spiro atoms. The van der Waals surface area contributed by atoms with Gasteiger partial charge in [0.1, 0.15) is 0 Å². The highest BCUT2D eigenvalue weighted by molar-refractivity contribution is 5.30. The number of rotatable bonds is 5. The van der Waals surface area contributed by atoms with Gasteiger partial charge in [-0.3, -0.25) is 0 Å². The zero-order chi connectivity index (χ0) is 11.5. The number of nitrogens with one attached hydrogen (secondary N) is 1. The van der Waals surface area contributed by atoms with Gasteiger partial charge in [0.25, 0.3) is 0 Å². The van der Waals surface area contributed by atoms with Gasteiger partial charge >= 0.3 is 0 Å². The maximum atomic E-state index is 3.64. The second-order valence-corrected chi connectivity index (χ2v) is 5.39. The predicted octanol–water partition coefficient (Wildman–Crippen LogP) is 3.58. The SMILES string of the molecule is Cc1ccc(C)c(CNC(C)CC2CC2)c1. The van der Waals surface area contributed by atoms with Crippen LogP contribution in [-0.2, 0) is 6.54 Å². The van der Waals surface area contributed by atoms with Crippen LogP contribution in [0.25, 0.3) is 0 Å². The van der Waals surface area contributed by atoms with Crippen LogP contribution in [0.4, 0.5) is 0 Å². The molecule has 1 N–H and O–H groups in total. The molecule has 0 radical (unpaired) electrons. The Hall–Kier alpha value is -0.820. The third-order valence-electron chi connectivity index (χ3n) is 3.53. The van der Waals surface area contributed by atoms with Gasteiger partial charge in [-0.2, -0.15) is 0 Å². The first kappa shape index (κ1) is 11.7. The van der Waals surface area contributed by atoms with Gasteiger partial charge in [-0.05, 0) is 44.2 Å². The summed E-state index contributed by atoms with van der Waals surface area (Å²) in [5.74, 6) is 1.01. The summed E-state index contributed by atoms with van der Waals surface area (Å²) in [5, 5.41) is 3.64. The number of hydrogen-bond acceptors (Lipinski definition) is 1. The van der Waals surface area contributed by atoms with Crippen molar-refractivity contribution in [1.29, 1.82) is 0 Å². The van der Waals surface area contributed by atoms with Gasteiger partial charge in [-0.1, -0.05) is 36.6 Å². The van der Waals surface area contributed by atoms with Crippen molar-refractivity contribution in [3.63, 3.8) is 0 Å². The van der Waals surface area contributed by atoms with E-state index in [0.717, 1.165) is 12.5 Å². The minimum Gasteiger partial charge on any atom is -0.310 e. The van der Waals surface area contributed by atoms with Gasteiger partial charge in [-0.15, -0.1) is 0 Å². The molecule has 1 aliphatic rings. The zero-order valence-electron chi connectivity index (χ0n) is 10.7. The topological polar surface area (TPSA) is 12.0 Å². The van der Waals surface area contributed by atoms with Crippen LogP contribution >= 0.6 is 0 Å². The first-order valence-electron chi connectivity index (χ1n) is 6.44. The third-order valence-corrected chi connectivity index (χ3v) is 3.53. The maximum absolute atomic E-state index is 3.64. The highest BCUT2D eigenvalue weighted by atomic mass is 14.9. The first-order chi connectivity index (χ1) is 7.65. The molecule has 0 heterocycles. The van der Waals surface area contributed by atoms with Gasteiger partial charge in [0.2, 0.25) is 0 Å². The lowest BCUT2D eigenvalue weighted by Crippen LogP contribution is -2.26. The Kier molecular flexibility index (Phi) is 3.65. The lowest BCUT2D eigenvalue weighted by atomic mass is 10.0. The van der Waals surface area contributed by atoms with E-state index in [9.17, 15) is 0 Å². The van der Waals surface area contributed by atoms with E-state index in [0.29, 0.717) is 6.04 Å². The van der Waals surface area contributed by atoms with Crippen molar-refractivity contribution < 1.29 is 0 Å². The Morgan fingerprint density at radius 1 is 1.31 bits per heavy atom. The molecule has 1 saturated carbocycles. The van der Waals surface area contributed by atoms with Gasteiger partial charge in [-0.25, -0.2) is 0 Å². The average Bonchev–Trinajstić information content (AvgIpc) is 3.03. The molecule has 0 aliphatic heterocycles. The summed E-state index contributed by atoms with van der Waals surface area (Å²) in [6.45, 7) is 7.68. The van der Waals surface area contributed by atoms with E-state index >= 15 is 0 Å². The smallest absolute Gasteiger partial charge is 0.0210 e. The van der Waals surface area contributed by atoms with Crippen LogP contribution in [0.3, 0.4) is 0 Å². The lowest BCUT2D eigenvalue weighted by molar-refractivity contribution is 0.487. The summed E-state index contributed by atoms with van der Waals surface area (Å²) < 4.78 is 0. The second-order valence-electron chi connectivity index (χ2n) is 5.39. The van der Waals surface area contributed by atoms with Gasteiger partial charge in [0.05, 0.1) is 0 Å². The molecule has 1 aromatic carbocycles. The highest BCUT2D eigenvalue weighted by Crippen LogP contribution is 2.33. The predicted molar refractivity (Wildman–Crippen MR) is 69.6 cm³/mol. The molecular weight excluding hydrogens is 194 g/mol. The average molecular weight is 217 g/mol. The minimum atomic E-state index is 0.660. The second kappa shape index (κ2) is 5.01. The Morgan fingerprint density at radius 3 is 2.75 bits per heavy atom. The number of benzene rings is 1. The Labute approximate surface area is 99.3 Å². The van der Waals surface area contributed by atoms with Crippen LogP contribution < -0.4 is 5.32 Å². The molecule has 0 bridgehead atoms. The molecule has 88 valence electrons. The Morgan fingerprint density at radius 2 is 2.06 bits per heavy atom. The van der Waals surface area contributed by atoms with E-state index in [4.69, 9.17) is 0 Å². The molecule has 2 rings (SSSR count). The summed E-state index contributed by atoms with van der Waals surface area (Å²) in [4.78, 5) is 0. The van der Waals surface area contributed by atoms with Crippen LogP contribution in [-0.4, -0.2) is 6.04 Å². The van der Waals surface area contributed by atoms with Gasteiger partial charge < -0.3 is 5.32 Å². The molecule has 1 fully saturated rings. The van der Waals surface area contributed by atoms with Crippen LogP contribution in [0.15, 0.2) is 18.2 Å². The van der Waals surface area contributed by atoms with Crippen molar-refractivity contribution in [3.05, 3.63) is 34.9 Å². The van der Waals surface area contributed by atoms with E-state index in [2.05, 4.69) is 44.3 Å². The van der Waals surface area contributed by atoms with Crippen LogP contribution in [0.2, 0.25) is 0 Å². The normalized spacial score (nSPS) is 17.4. The number of hydrogen-bond donors (Lipinski definition) is 1. The Bertz CT molecular complexity index is 352. The molecule has 1 heteroatoms. The van der Waals surface area contributed by atoms with Crippen molar-refractivity contribution in [2.75, 3.05) is 0 Å². The third kappa shape index (κ3) is 3.34. The van der Waals surface area contributed by atoms with Crippen molar-refractivity contribution in [2.24, 2.45) is 5.92 Å². The van der Waals surface area contributed by atoms with E-state index in [1.165, 1.54) is 36.0 Å². The number of aryl methyl sites for hydroxylation is 2. The Balaban J connectivity index is 1.85. The molecule has 16 heavy (non-hydrogen) atoms. The standard InChI is InChI=1S/C15H23N/c1-11-4-5-12(2)15(8-11)10-16-13(3)9-14-6-7-14/h4-5,8,13-14,16H,6-7,9-10H2,1-3H3. The monoisotopic (exact) mass is 217 g/mol. The summed E-state index contributed by atoms with van der Waals surface area (Å²) in [7, 11) is 0. The lowest BCUT2D eigenvalue weighted by Gasteiger charge is -2.15. The molecule has 1 nitrogen and oxygen atoms in total. The first-order valence-corrected chi connectivity index (χ1v) is 6.44. The molecule has 0 amide bonds. The molecule has 1 aliphatic carbocycles. The fraction of sp³-hybridized carbons (Fsp3) is 0.600. The van der Waals surface area contributed by atoms with E-state index in [1.807, 2.05) is 0 Å². The fourth-order valence-electron chi connectivity index (χ4n) is 2.21. The fourth-order valence-corrected chi connectivity index (χ4v) is 2.21. The largest absolute Gasteiger partial charge is 0.310 e. The van der Waals surface area contributed by atoms with Gasteiger partial charge in [0.15, 0.2) is 0 Å². The van der Waals surface area contributed by atoms with Gasteiger partial charge in [0, 0.05) is 12.6 Å². The summed E-state index contributed by atoms with van der Waals surface area (Å²) >= 11 is 0. The highest BCUT2D eigenvalue weighted by Gasteiger charge is 2.23. The zero-order valence-corrected chi connectivity index (χ0v) is 10.7. The minimum absolute atomic E-state index is 0.660. The van der Waals surface area contributed by atoms with Crippen LogP contribution in [0.1, 0.15) is 42.9 Å². The maximum Gasteiger partial charge on any atom is 0.0210 e. The van der Waals surface area contributed by atoms with E-state index in [-0.39, 0.29) is 0 Å². The van der Waals surface area contributed by atoms with Crippen molar-refractivity contribution in [1.82, 2.24) is 5.32 Å². The summed E-state index contributed by atoms with van der Waals surface area (Å²) in [5.41, 5.74) is 4.21. The van der Waals surface area contributed by atoms with Crippen LogP contribution in [0.5, 0.6) is 0 Å². The quantitative estimate of drug-likeness (QED) is 0.795. The summed E-state index contributed by atoms with van der Waals surface area (Å²) in [6.07, 6.45) is 4.26. The molecular formula is C15H23N. The van der Waals surface area contributed by atoms with Crippen molar-refractivity contribution >= 4 is 0 Å².